The van der Waals surface area contributed by atoms with Gasteiger partial charge in [-0.05, 0) is 50.3 Å². The van der Waals surface area contributed by atoms with Gasteiger partial charge in [-0.25, -0.2) is 0 Å². The van der Waals surface area contributed by atoms with Crippen LogP contribution in [0.2, 0.25) is 0 Å². The van der Waals surface area contributed by atoms with Gasteiger partial charge in [0.15, 0.2) is 0 Å². The van der Waals surface area contributed by atoms with Crippen molar-refractivity contribution < 1.29 is 9.53 Å². The molecule has 4 heteroatoms. The van der Waals surface area contributed by atoms with Crippen molar-refractivity contribution in [1.29, 1.82) is 0 Å². The standard InChI is InChI=1S/C20H30N2O2/c1-24-16-15-21-12-6-5-9-19(21)17-10-13-22(14-11-17)20(23)18-7-3-2-4-8-18/h2-4,7-8,17,19H,5-6,9-16H2,1H3. The van der Waals surface area contributed by atoms with E-state index in [2.05, 4.69) is 4.90 Å². The Labute approximate surface area is 145 Å². The molecular formula is C20H30N2O2. The van der Waals surface area contributed by atoms with E-state index < -0.39 is 0 Å². The molecule has 0 aromatic heterocycles. The van der Waals surface area contributed by atoms with Crippen LogP contribution in [0.25, 0.3) is 0 Å². The predicted octanol–water partition coefficient (Wildman–Crippen LogP) is 3.04. The summed E-state index contributed by atoms with van der Waals surface area (Å²) in [6.07, 6.45) is 6.23. The van der Waals surface area contributed by atoms with Crippen LogP contribution in [0.15, 0.2) is 30.3 Å². The molecule has 2 heterocycles. The fraction of sp³-hybridized carbons (Fsp3) is 0.650. The van der Waals surface area contributed by atoms with Gasteiger partial charge in [-0.15, -0.1) is 0 Å². The van der Waals surface area contributed by atoms with E-state index in [0.717, 1.165) is 50.6 Å². The van der Waals surface area contributed by atoms with Crippen LogP contribution in [0.4, 0.5) is 0 Å². The monoisotopic (exact) mass is 330 g/mol. The number of carbonyl (C=O) groups excluding carboxylic acids is 1. The number of hydrogen-bond donors (Lipinski definition) is 0. The van der Waals surface area contributed by atoms with Crippen LogP contribution in [0, 0.1) is 5.92 Å². The lowest BCUT2D eigenvalue weighted by Crippen LogP contribution is -2.49. The molecule has 1 amide bonds. The Morgan fingerprint density at radius 2 is 1.83 bits per heavy atom. The Morgan fingerprint density at radius 1 is 1.08 bits per heavy atom. The van der Waals surface area contributed by atoms with Gasteiger partial charge in [-0.3, -0.25) is 9.69 Å². The molecule has 3 rings (SSSR count). The summed E-state index contributed by atoms with van der Waals surface area (Å²) >= 11 is 0. The molecular weight excluding hydrogens is 300 g/mol. The number of benzene rings is 1. The first-order chi connectivity index (χ1) is 11.8. The molecule has 0 saturated carbocycles. The van der Waals surface area contributed by atoms with E-state index >= 15 is 0 Å². The van der Waals surface area contributed by atoms with Crippen molar-refractivity contribution in [2.75, 3.05) is 39.9 Å². The van der Waals surface area contributed by atoms with Crippen LogP contribution in [0.5, 0.6) is 0 Å². The third-order valence-electron chi connectivity index (χ3n) is 5.64. The van der Waals surface area contributed by atoms with Gasteiger partial charge in [0.2, 0.25) is 0 Å². The average molecular weight is 330 g/mol. The maximum atomic E-state index is 12.6. The molecule has 2 aliphatic rings. The molecule has 0 bridgehead atoms. The average Bonchev–Trinajstić information content (AvgIpc) is 2.67. The van der Waals surface area contributed by atoms with Gasteiger partial charge in [0.05, 0.1) is 6.61 Å². The maximum absolute atomic E-state index is 12.6. The van der Waals surface area contributed by atoms with Gasteiger partial charge in [0, 0.05) is 38.3 Å². The summed E-state index contributed by atoms with van der Waals surface area (Å²) in [5.74, 6) is 0.913. The van der Waals surface area contributed by atoms with Crippen molar-refractivity contribution in [1.82, 2.24) is 9.80 Å². The third kappa shape index (κ3) is 4.17. The SMILES string of the molecule is COCCN1CCCCC1C1CCN(C(=O)c2ccccc2)CC1. The molecule has 132 valence electrons. The van der Waals surface area contributed by atoms with E-state index in [1.54, 1.807) is 7.11 Å². The second kappa shape index (κ2) is 8.63. The van der Waals surface area contributed by atoms with Gasteiger partial charge in [-0.1, -0.05) is 24.6 Å². The highest BCUT2D eigenvalue weighted by molar-refractivity contribution is 5.94. The molecule has 0 N–H and O–H groups in total. The summed E-state index contributed by atoms with van der Waals surface area (Å²) in [6.45, 7) is 4.86. The van der Waals surface area contributed by atoms with Crippen molar-refractivity contribution in [2.24, 2.45) is 5.92 Å². The largest absolute Gasteiger partial charge is 0.383 e. The van der Waals surface area contributed by atoms with Gasteiger partial charge in [0.25, 0.3) is 5.91 Å². The fourth-order valence-corrected chi connectivity index (χ4v) is 4.29. The molecule has 4 nitrogen and oxygen atoms in total. The number of rotatable bonds is 5. The lowest BCUT2D eigenvalue weighted by atomic mass is 9.83. The van der Waals surface area contributed by atoms with Crippen molar-refractivity contribution in [3.05, 3.63) is 35.9 Å². The number of amides is 1. The highest BCUT2D eigenvalue weighted by Crippen LogP contribution is 2.30. The summed E-state index contributed by atoms with van der Waals surface area (Å²) in [4.78, 5) is 17.3. The highest BCUT2D eigenvalue weighted by atomic mass is 16.5. The van der Waals surface area contributed by atoms with Crippen molar-refractivity contribution in [2.45, 2.75) is 38.1 Å². The van der Waals surface area contributed by atoms with Crippen molar-refractivity contribution in [3.8, 4) is 0 Å². The van der Waals surface area contributed by atoms with Gasteiger partial charge >= 0.3 is 0 Å². The number of methoxy groups -OCH3 is 1. The van der Waals surface area contributed by atoms with Crippen LogP contribution >= 0.6 is 0 Å². The van der Waals surface area contributed by atoms with Crippen molar-refractivity contribution >= 4 is 5.91 Å². The Hall–Kier alpha value is -1.39. The Balaban J connectivity index is 1.55. The number of ether oxygens (including phenoxy) is 1. The lowest BCUT2D eigenvalue weighted by molar-refractivity contribution is 0.0374. The molecule has 1 aromatic rings. The van der Waals surface area contributed by atoms with Gasteiger partial charge < -0.3 is 9.64 Å². The quantitative estimate of drug-likeness (QED) is 0.832. The molecule has 2 fully saturated rings. The first kappa shape index (κ1) is 17.4. The number of nitrogens with zero attached hydrogens (tertiary/aromatic N) is 2. The molecule has 1 atom stereocenters. The Bertz CT molecular complexity index is 512. The second-order valence-electron chi connectivity index (χ2n) is 7.09. The summed E-state index contributed by atoms with van der Waals surface area (Å²) in [5.41, 5.74) is 0.815. The third-order valence-corrected chi connectivity index (χ3v) is 5.64. The topological polar surface area (TPSA) is 32.8 Å². The van der Waals surface area contributed by atoms with E-state index in [4.69, 9.17) is 4.74 Å². The lowest BCUT2D eigenvalue weighted by Gasteiger charge is -2.43. The zero-order valence-electron chi connectivity index (χ0n) is 14.8. The smallest absolute Gasteiger partial charge is 0.253 e. The van der Waals surface area contributed by atoms with Crippen molar-refractivity contribution in [3.63, 3.8) is 0 Å². The summed E-state index contributed by atoms with van der Waals surface area (Å²) < 4.78 is 5.28. The molecule has 0 radical (unpaired) electrons. The summed E-state index contributed by atoms with van der Waals surface area (Å²) in [6, 6.07) is 10.4. The molecule has 0 aliphatic carbocycles. The molecule has 2 saturated heterocycles. The molecule has 1 unspecified atom stereocenters. The minimum Gasteiger partial charge on any atom is -0.383 e. The second-order valence-corrected chi connectivity index (χ2v) is 7.09. The number of hydrogen-bond acceptors (Lipinski definition) is 3. The van der Waals surface area contributed by atoms with E-state index in [0.29, 0.717) is 6.04 Å². The minimum absolute atomic E-state index is 0.189. The molecule has 2 aliphatic heterocycles. The van der Waals surface area contributed by atoms with E-state index in [1.807, 2.05) is 35.2 Å². The fourth-order valence-electron chi connectivity index (χ4n) is 4.29. The van der Waals surface area contributed by atoms with Crippen LogP contribution in [-0.2, 0) is 4.74 Å². The molecule has 0 spiro atoms. The van der Waals surface area contributed by atoms with Crippen LogP contribution in [0.1, 0.15) is 42.5 Å². The van der Waals surface area contributed by atoms with Crippen LogP contribution in [-0.4, -0.2) is 61.6 Å². The number of likely N-dealkylation sites (tertiary alicyclic amines) is 2. The zero-order chi connectivity index (χ0) is 16.8. The van der Waals surface area contributed by atoms with Crippen LogP contribution in [0.3, 0.4) is 0 Å². The minimum atomic E-state index is 0.189. The first-order valence-electron chi connectivity index (χ1n) is 9.37. The van der Waals surface area contributed by atoms with Gasteiger partial charge in [-0.2, -0.15) is 0 Å². The first-order valence-corrected chi connectivity index (χ1v) is 9.37. The van der Waals surface area contributed by atoms with E-state index in [1.165, 1.54) is 25.8 Å². The van der Waals surface area contributed by atoms with E-state index in [9.17, 15) is 4.79 Å². The molecule has 1 aromatic carbocycles. The molecule has 24 heavy (non-hydrogen) atoms. The maximum Gasteiger partial charge on any atom is 0.253 e. The summed E-state index contributed by atoms with van der Waals surface area (Å²) in [5, 5.41) is 0. The Morgan fingerprint density at radius 3 is 2.54 bits per heavy atom. The number of carbonyl (C=O) groups is 1. The Kier molecular flexibility index (Phi) is 6.27. The zero-order valence-corrected chi connectivity index (χ0v) is 14.8. The summed E-state index contributed by atoms with van der Waals surface area (Å²) in [7, 11) is 1.78. The number of piperidine rings is 2. The highest BCUT2D eigenvalue weighted by Gasteiger charge is 2.33. The van der Waals surface area contributed by atoms with Crippen LogP contribution < -0.4 is 0 Å². The normalized spacial score (nSPS) is 23.4. The van der Waals surface area contributed by atoms with Gasteiger partial charge in [0.1, 0.15) is 0 Å². The van der Waals surface area contributed by atoms with E-state index in [-0.39, 0.29) is 5.91 Å². The predicted molar refractivity (Wildman–Crippen MR) is 96.2 cm³/mol.